The number of aryl methyl sites for hydroxylation is 3. The molecule has 0 saturated carbocycles. The van der Waals surface area contributed by atoms with E-state index in [9.17, 15) is 14.7 Å². The highest BCUT2D eigenvalue weighted by Crippen LogP contribution is 2.24. The van der Waals surface area contributed by atoms with Gasteiger partial charge in [-0.25, -0.2) is 4.79 Å². The molecule has 1 amide bonds. The number of amides is 1. The van der Waals surface area contributed by atoms with Crippen LogP contribution in [0.3, 0.4) is 0 Å². The third-order valence-electron chi connectivity index (χ3n) is 4.58. The molecule has 1 aliphatic rings. The summed E-state index contributed by atoms with van der Waals surface area (Å²) in [7, 11) is 0. The second kappa shape index (κ2) is 6.95. The molecule has 120 valence electrons. The minimum absolute atomic E-state index is 0.0423. The Morgan fingerprint density at radius 3 is 2.68 bits per heavy atom. The average Bonchev–Trinajstić information content (AvgIpc) is 2.45. The van der Waals surface area contributed by atoms with E-state index in [1.165, 1.54) is 11.1 Å². The molecule has 0 bridgehead atoms. The first-order chi connectivity index (χ1) is 10.4. The molecule has 2 unspecified atom stereocenters. The third kappa shape index (κ3) is 3.87. The van der Waals surface area contributed by atoms with Crippen molar-refractivity contribution in [2.75, 3.05) is 6.54 Å². The number of hydrogen-bond acceptors (Lipinski definition) is 2. The molecule has 1 heterocycles. The molecule has 0 radical (unpaired) electrons. The van der Waals surface area contributed by atoms with Crippen LogP contribution < -0.4 is 0 Å². The van der Waals surface area contributed by atoms with Gasteiger partial charge in [0.2, 0.25) is 5.91 Å². The molecule has 0 aromatic heterocycles. The summed E-state index contributed by atoms with van der Waals surface area (Å²) in [6, 6.07) is 5.57. The van der Waals surface area contributed by atoms with Crippen molar-refractivity contribution in [3.05, 3.63) is 34.9 Å². The predicted molar refractivity (Wildman–Crippen MR) is 85.8 cm³/mol. The van der Waals surface area contributed by atoms with Gasteiger partial charge >= 0.3 is 5.97 Å². The van der Waals surface area contributed by atoms with Crippen molar-refractivity contribution in [2.45, 2.75) is 52.5 Å². The summed E-state index contributed by atoms with van der Waals surface area (Å²) in [5.74, 6) is -0.560. The number of carbonyl (C=O) groups is 2. The topological polar surface area (TPSA) is 57.6 Å². The van der Waals surface area contributed by atoms with Gasteiger partial charge in [-0.2, -0.15) is 0 Å². The van der Waals surface area contributed by atoms with E-state index in [1.54, 1.807) is 4.90 Å². The lowest BCUT2D eigenvalue weighted by atomic mass is 9.92. The van der Waals surface area contributed by atoms with E-state index < -0.39 is 12.0 Å². The first-order valence-electron chi connectivity index (χ1n) is 7.97. The van der Waals surface area contributed by atoms with Crippen LogP contribution in [0.5, 0.6) is 0 Å². The smallest absolute Gasteiger partial charge is 0.326 e. The minimum Gasteiger partial charge on any atom is -0.480 e. The van der Waals surface area contributed by atoms with E-state index >= 15 is 0 Å². The number of piperidine rings is 1. The molecule has 0 spiro atoms. The van der Waals surface area contributed by atoms with Gasteiger partial charge in [0.05, 0.1) is 0 Å². The molecule has 1 fully saturated rings. The molecule has 4 heteroatoms. The van der Waals surface area contributed by atoms with Gasteiger partial charge in [0, 0.05) is 13.0 Å². The Kier molecular flexibility index (Phi) is 5.22. The van der Waals surface area contributed by atoms with Gasteiger partial charge in [0.1, 0.15) is 6.04 Å². The first-order valence-corrected chi connectivity index (χ1v) is 7.97. The van der Waals surface area contributed by atoms with Crippen molar-refractivity contribution in [2.24, 2.45) is 5.92 Å². The highest BCUT2D eigenvalue weighted by Gasteiger charge is 2.34. The van der Waals surface area contributed by atoms with Crippen LogP contribution in [0.25, 0.3) is 0 Å². The normalized spacial score (nSPS) is 21.7. The zero-order valence-corrected chi connectivity index (χ0v) is 13.6. The van der Waals surface area contributed by atoms with Gasteiger partial charge in [-0.1, -0.05) is 30.7 Å². The van der Waals surface area contributed by atoms with E-state index in [0.29, 0.717) is 31.7 Å². The summed E-state index contributed by atoms with van der Waals surface area (Å²) in [5, 5.41) is 9.34. The minimum atomic E-state index is -0.883. The Bertz CT molecular complexity index is 567. The van der Waals surface area contributed by atoms with Crippen LogP contribution in [0.1, 0.15) is 42.9 Å². The molecule has 1 aromatic rings. The number of nitrogens with zero attached hydrogens (tertiary/aromatic N) is 1. The second-order valence-electron chi connectivity index (χ2n) is 6.50. The molecule has 22 heavy (non-hydrogen) atoms. The maximum absolute atomic E-state index is 12.4. The number of rotatable bonds is 4. The molecule has 2 atom stereocenters. The number of carbonyl (C=O) groups excluding carboxylic acids is 1. The third-order valence-corrected chi connectivity index (χ3v) is 4.58. The zero-order valence-electron chi connectivity index (χ0n) is 13.6. The molecular weight excluding hydrogens is 278 g/mol. The van der Waals surface area contributed by atoms with Crippen LogP contribution in [0, 0.1) is 19.8 Å². The van der Waals surface area contributed by atoms with Gasteiger partial charge in [-0.15, -0.1) is 0 Å². The van der Waals surface area contributed by atoms with Crippen LogP contribution in [0.2, 0.25) is 0 Å². The molecule has 1 aromatic carbocycles. The standard InChI is InChI=1S/C18H25NO3/c1-12-4-5-15(14(3)10-12)6-7-17(20)19-9-8-13(2)11-16(19)18(21)22/h4-5,10,13,16H,6-9,11H2,1-3H3,(H,21,22). The van der Waals surface area contributed by atoms with Crippen LogP contribution in [-0.2, 0) is 16.0 Å². The Morgan fingerprint density at radius 1 is 1.32 bits per heavy atom. The fourth-order valence-electron chi connectivity index (χ4n) is 3.19. The van der Waals surface area contributed by atoms with Crippen molar-refractivity contribution >= 4 is 11.9 Å². The lowest BCUT2D eigenvalue weighted by molar-refractivity contribution is -0.153. The number of aliphatic carboxylic acids is 1. The number of likely N-dealkylation sites (tertiary alicyclic amines) is 1. The maximum atomic E-state index is 12.4. The molecule has 2 rings (SSSR count). The van der Waals surface area contributed by atoms with Crippen molar-refractivity contribution in [3.8, 4) is 0 Å². The van der Waals surface area contributed by atoms with E-state index in [0.717, 1.165) is 12.0 Å². The van der Waals surface area contributed by atoms with Crippen molar-refractivity contribution < 1.29 is 14.7 Å². The highest BCUT2D eigenvalue weighted by molar-refractivity contribution is 5.84. The van der Waals surface area contributed by atoms with Gasteiger partial charge in [-0.05, 0) is 50.2 Å². The van der Waals surface area contributed by atoms with Crippen LogP contribution in [0.15, 0.2) is 18.2 Å². The molecule has 0 aliphatic carbocycles. The molecule has 1 saturated heterocycles. The number of carboxylic acid groups (broad SMARTS) is 1. The Morgan fingerprint density at radius 2 is 2.05 bits per heavy atom. The fraction of sp³-hybridized carbons (Fsp3) is 0.556. The molecule has 1 N–H and O–H groups in total. The summed E-state index contributed by atoms with van der Waals surface area (Å²) in [6.07, 6.45) is 2.50. The van der Waals surface area contributed by atoms with Crippen LogP contribution >= 0.6 is 0 Å². The summed E-state index contributed by atoms with van der Waals surface area (Å²) >= 11 is 0. The second-order valence-corrected chi connectivity index (χ2v) is 6.50. The lowest BCUT2D eigenvalue weighted by Gasteiger charge is -2.36. The SMILES string of the molecule is Cc1ccc(CCC(=O)N2CCC(C)CC2C(=O)O)c(C)c1. The van der Waals surface area contributed by atoms with Crippen molar-refractivity contribution in [1.82, 2.24) is 4.90 Å². The Labute approximate surface area is 132 Å². The van der Waals surface area contributed by atoms with Crippen LogP contribution in [-0.4, -0.2) is 34.5 Å². The maximum Gasteiger partial charge on any atom is 0.326 e. The van der Waals surface area contributed by atoms with E-state index in [2.05, 4.69) is 25.1 Å². The predicted octanol–water partition coefficient (Wildman–Crippen LogP) is 2.95. The first kappa shape index (κ1) is 16.5. The van der Waals surface area contributed by atoms with E-state index in [1.807, 2.05) is 13.8 Å². The number of hydrogen-bond donors (Lipinski definition) is 1. The van der Waals surface area contributed by atoms with E-state index in [4.69, 9.17) is 0 Å². The summed E-state index contributed by atoms with van der Waals surface area (Å²) in [4.78, 5) is 25.4. The zero-order chi connectivity index (χ0) is 16.3. The summed E-state index contributed by atoms with van der Waals surface area (Å²) < 4.78 is 0. The van der Waals surface area contributed by atoms with Gasteiger partial charge in [-0.3, -0.25) is 4.79 Å². The largest absolute Gasteiger partial charge is 0.480 e. The molecule has 1 aliphatic heterocycles. The number of benzene rings is 1. The quantitative estimate of drug-likeness (QED) is 0.930. The summed E-state index contributed by atoms with van der Waals surface area (Å²) in [5.41, 5.74) is 3.56. The number of carboxylic acids is 1. The molecular formula is C18H25NO3. The van der Waals surface area contributed by atoms with Crippen molar-refractivity contribution in [3.63, 3.8) is 0 Å². The molecule has 4 nitrogen and oxygen atoms in total. The average molecular weight is 303 g/mol. The Hall–Kier alpha value is -1.84. The van der Waals surface area contributed by atoms with Gasteiger partial charge < -0.3 is 10.0 Å². The van der Waals surface area contributed by atoms with Crippen molar-refractivity contribution in [1.29, 1.82) is 0 Å². The summed E-state index contributed by atoms with van der Waals surface area (Å²) in [6.45, 7) is 6.71. The Balaban J connectivity index is 2.00. The fourth-order valence-corrected chi connectivity index (χ4v) is 3.19. The van der Waals surface area contributed by atoms with Crippen LogP contribution in [0.4, 0.5) is 0 Å². The monoisotopic (exact) mass is 303 g/mol. The van der Waals surface area contributed by atoms with Gasteiger partial charge in [0.15, 0.2) is 0 Å². The highest BCUT2D eigenvalue weighted by atomic mass is 16.4. The van der Waals surface area contributed by atoms with E-state index in [-0.39, 0.29) is 5.91 Å². The lowest BCUT2D eigenvalue weighted by Crippen LogP contribution is -2.49. The van der Waals surface area contributed by atoms with Gasteiger partial charge in [0.25, 0.3) is 0 Å².